The Kier molecular flexibility index (Phi) is 4.98. The molecule has 0 spiro atoms. The van der Waals surface area contributed by atoms with Crippen LogP contribution in [-0.2, 0) is 0 Å². The molecule has 0 aliphatic carbocycles. The summed E-state index contributed by atoms with van der Waals surface area (Å²) in [7, 11) is 0. The van der Waals surface area contributed by atoms with Crippen molar-refractivity contribution in [2.45, 2.75) is 26.7 Å². The molecule has 0 aromatic carbocycles. The number of aliphatic hydroxyl groups is 1. The van der Waals surface area contributed by atoms with E-state index in [1.54, 1.807) is 6.08 Å². The molecule has 0 unspecified atom stereocenters. The minimum atomic E-state index is 0.374. The Morgan fingerprint density at radius 3 is 2.67 bits per heavy atom. The van der Waals surface area contributed by atoms with E-state index in [4.69, 9.17) is 5.11 Å². The van der Waals surface area contributed by atoms with Crippen molar-refractivity contribution >= 4 is 0 Å². The van der Waals surface area contributed by atoms with E-state index in [9.17, 15) is 0 Å². The van der Waals surface area contributed by atoms with Gasteiger partial charge in [-0.05, 0) is 25.5 Å². The lowest BCUT2D eigenvalue weighted by molar-refractivity contribution is 0.429. The summed E-state index contributed by atoms with van der Waals surface area (Å²) in [5.74, 6) is 0.374. The van der Waals surface area contributed by atoms with Gasteiger partial charge in [0, 0.05) is 0 Å². The highest BCUT2D eigenvalue weighted by Crippen LogP contribution is 1.95. The third-order valence-electron chi connectivity index (χ3n) is 0.980. The summed E-state index contributed by atoms with van der Waals surface area (Å²) >= 11 is 0. The standard InChI is InChI=1S/C8H14O/c1-3-5-7-8(9)6-4-2/h4,6-7,9H,3,5H2,1-2H3/b6-4+,8-7-. The fourth-order valence-electron chi connectivity index (χ4n) is 0.531. The molecule has 0 radical (unpaired) electrons. The van der Waals surface area contributed by atoms with E-state index in [1.165, 1.54) is 0 Å². The monoisotopic (exact) mass is 126 g/mol. The van der Waals surface area contributed by atoms with E-state index in [2.05, 4.69) is 6.92 Å². The highest BCUT2D eigenvalue weighted by atomic mass is 16.3. The third-order valence-corrected chi connectivity index (χ3v) is 0.980. The van der Waals surface area contributed by atoms with E-state index in [1.807, 2.05) is 19.1 Å². The summed E-state index contributed by atoms with van der Waals surface area (Å²) in [6, 6.07) is 0. The zero-order valence-corrected chi connectivity index (χ0v) is 6.09. The first-order valence-corrected chi connectivity index (χ1v) is 3.33. The normalized spacial score (nSPS) is 12.9. The first-order chi connectivity index (χ1) is 4.31. The topological polar surface area (TPSA) is 20.2 Å². The minimum Gasteiger partial charge on any atom is -0.508 e. The molecule has 0 aliphatic heterocycles. The lowest BCUT2D eigenvalue weighted by atomic mass is 10.3. The minimum absolute atomic E-state index is 0.374. The Balaban J connectivity index is 3.55. The maximum atomic E-state index is 8.95. The zero-order chi connectivity index (χ0) is 7.11. The van der Waals surface area contributed by atoms with E-state index in [0.717, 1.165) is 12.8 Å². The summed E-state index contributed by atoms with van der Waals surface area (Å²) in [4.78, 5) is 0. The quantitative estimate of drug-likeness (QED) is 0.455. The molecule has 1 N–H and O–H groups in total. The average Bonchev–Trinajstić information content (AvgIpc) is 1.85. The van der Waals surface area contributed by atoms with Crippen LogP contribution in [-0.4, -0.2) is 5.11 Å². The van der Waals surface area contributed by atoms with E-state index >= 15 is 0 Å². The number of hydrogen-bond donors (Lipinski definition) is 1. The van der Waals surface area contributed by atoms with Gasteiger partial charge in [0.05, 0.1) is 0 Å². The number of allylic oxidation sites excluding steroid dienone is 3. The molecule has 0 amide bonds. The number of unbranched alkanes of at least 4 members (excludes halogenated alkanes) is 1. The van der Waals surface area contributed by atoms with Crippen LogP contribution < -0.4 is 0 Å². The van der Waals surface area contributed by atoms with E-state index in [-0.39, 0.29) is 0 Å². The van der Waals surface area contributed by atoms with Crippen molar-refractivity contribution in [1.82, 2.24) is 0 Å². The molecule has 0 aromatic heterocycles. The van der Waals surface area contributed by atoms with Gasteiger partial charge in [0.2, 0.25) is 0 Å². The van der Waals surface area contributed by atoms with Gasteiger partial charge in [-0.2, -0.15) is 0 Å². The molecule has 9 heavy (non-hydrogen) atoms. The molecule has 0 saturated carbocycles. The van der Waals surface area contributed by atoms with Crippen molar-refractivity contribution in [3.8, 4) is 0 Å². The van der Waals surface area contributed by atoms with Crippen molar-refractivity contribution < 1.29 is 5.11 Å². The van der Waals surface area contributed by atoms with Crippen LogP contribution in [0.5, 0.6) is 0 Å². The van der Waals surface area contributed by atoms with Crippen LogP contribution in [0.4, 0.5) is 0 Å². The zero-order valence-electron chi connectivity index (χ0n) is 6.09. The smallest absolute Gasteiger partial charge is 0.111 e. The summed E-state index contributed by atoms with van der Waals surface area (Å²) in [5, 5.41) is 8.95. The first-order valence-electron chi connectivity index (χ1n) is 3.33. The van der Waals surface area contributed by atoms with Crippen molar-refractivity contribution in [2.75, 3.05) is 0 Å². The first kappa shape index (κ1) is 8.28. The summed E-state index contributed by atoms with van der Waals surface area (Å²) in [6.45, 7) is 3.97. The maximum Gasteiger partial charge on any atom is 0.111 e. The van der Waals surface area contributed by atoms with Crippen LogP contribution in [0.15, 0.2) is 24.0 Å². The second kappa shape index (κ2) is 5.42. The molecule has 1 nitrogen and oxygen atoms in total. The van der Waals surface area contributed by atoms with Gasteiger partial charge >= 0.3 is 0 Å². The third kappa shape index (κ3) is 5.15. The molecule has 0 aromatic rings. The Hall–Kier alpha value is -0.720. The SMILES string of the molecule is C/C=C/C(O)=C/CCC. The fraction of sp³-hybridized carbons (Fsp3) is 0.500. The highest BCUT2D eigenvalue weighted by molar-refractivity contribution is 5.08. The molecule has 52 valence electrons. The van der Waals surface area contributed by atoms with Crippen LogP contribution in [0.1, 0.15) is 26.7 Å². The molecule has 0 bridgehead atoms. The Bertz CT molecular complexity index is 112. The maximum absolute atomic E-state index is 8.95. The molecule has 0 heterocycles. The molecule has 0 atom stereocenters. The second-order valence-corrected chi connectivity index (χ2v) is 1.92. The lowest BCUT2D eigenvalue weighted by Crippen LogP contribution is -1.72. The number of hydrogen-bond acceptors (Lipinski definition) is 1. The van der Waals surface area contributed by atoms with Crippen molar-refractivity contribution in [3.63, 3.8) is 0 Å². The number of rotatable bonds is 3. The Morgan fingerprint density at radius 1 is 1.56 bits per heavy atom. The van der Waals surface area contributed by atoms with Gasteiger partial charge in [0.1, 0.15) is 5.76 Å². The van der Waals surface area contributed by atoms with Gasteiger partial charge in [-0.25, -0.2) is 0 Å². The summed E-state index contributed by atoms with van der Waals surface area (Å²) < 4.78 is 0. The Morgan fingerprint density at radius 2 is 2.22 bits per heavy atom. The molecule has 0 saturated heterocycles. The van der Waals surface area contributed by atoms with Crippen LogP contribution in [0, 0.1) is 0 Å². The van der Waals surface area contributed by atoms with Crippen LogP contribution >= 0.6 is 0 Å². The highest BCUT2D eigenvalue weighted by Gasteiger charge is 1.80. The molecule has 1 heteroatoms. The molecular weight excluding hydrogens is 112 g/mol. The Labute approximate surface area is 56.7 Å². The van der Waals surface area contributed by atoms with Gasteiger partial charge in [-0.15, -0.1) is 0 Å². The van der Waals surface area contributed by atoms with Crippen LogP contribution in [0.2, 0.25) is 0 Å². The summed E-state index contributed by atoms with van der Waals surface area (Å²) in [6.07, 6.45) is 7.37. The van der Waals surface area contributed by atoms with E-state index < -0.39 is 0 Å². The number of aliphatic hydroxyl groups excluding tert-OH is 1. The van der Waals surface area contributed by atoms with Gasteiger partial charge in [0.15, 0.2) is 0 Å². The molecular formula is C8H14O. The van der Waals surface area contributed by atoms with E-state index in [0.29, 0.717) is 5.76 Å². The van der Waals surface area contributed by atoms with Crippen molar-refractivity contribution in [1.29, 1.82) is 0 Å². The fourth-order valence-corrected chi connectivity index (χ4v) is 0.531. The second-order valence-electron chi connectivity index (χ2n) is 1.92. The predicted molar refractivity (Wildman–Crippen MR) is 40.4 cm³/mol. The van der Waals surface area contributed by atoms with Gasteiger partial charge in [-0.1, -0.05) is 19.4 Å². The van der Waals surface area contributed by atoms with Gasteiger partial charge in [-0.3, -0.25) is 0 Å². The van der Waals surface area contributed by atoms with Crippen molar-refractivity contribution in [3.05, 3.63) is 24.0 Å². The van der Waals surface area contributed by atoms with Crippen molar-refractivity contribution in [2.24, 2.45) is 0 Å². The lowest BCUT2D eigenvalue weighted by Gasteiger charge is -1.87. The van der Waals surface area contributed by atoms with Gasteiger partial charge < -0.3 is 5.11 Å². The van der Waals surface area contributed by atoms with Crippen LogP contribution in [0.3, 0.4) is 0 Å². The average molecular weight is 126 g/mol. The van der Waals surface area contributed by atoms with Crippen LogP contribution in [0.25, 0.3) is 0 Å². The van der Waals surface area contributed by atoms with Gasteiger partial charge in [0.25, 0.3) is 0 Å². The largest absolute Gasteiger partial charge is 0.508 e. The summed E-state index contributed by atoms with van der Waals surface area (Å²) in [5.41, 5.74) is 0. The molecule has 0 rings (SSSR count). The predicted octanol–water partition coefficient (Wildman–Crippen LogP) is 2.80. The molecule has 0 fully saturated rings. The molecule has 0 aliphatic rings.